The highest BCUT2D eigenvalue weighted by atomic mass is 32.2. The Morgan fingerprint density at radius 1 is 1.19 bits per heavy atom. The molecule has 0 aliphatic carbocycles. The number of aromatic nitrogens is 3. The van der Waals surface area contributed by atoms with Crippen LogP contribution in [-0.2, 0) is 21.4 Å². The molecular weight excluding hydrogens is 376 g/mol. The van der Waals surface area contributed by atoms with Gasteiger partial charge >= 0.3 is 10.1 Å². The second kappa shape index (κ2) is 8.74. The Balaban J connectivity index is 1.58. The van der Waals surface area contributed by atoms with Gasteiger partial charge in [-0.1, -0.05) is 30.0 Å². The highest BCUT2D eigenvalue weighted by molar-refractivity contribution is 8.00. The maximum atomic E-state index is 12.1. The highest BCUT2D eigenvalue weighted by Gasteiger charge is 2.20. The molecule has 0 radical (unpaired) electrons. The van der Waals surface area contributed by atoms with Crippen LogP contribution in [0.5, 0.6) is 5.75 Å². The minimum Gasteiger partial charge on any atom is -0.382 e. The van der Waals surface area contributed by atoms with E-state index in [1.807, 2.05) is 11.5 Å². The Bertz CT molecular complexity index is 805. The number of anilines is 1. The number of rotatable bonds is 8. The predicted octanol–water partition coefficient (Wildman–Crippen LogP) is 1.64. The molecule has 0 atom stereocenters. The summed E-state index contributed by atoms with van der Waals surface area (Å²) in [6.45, 7) is 5.65. The molecule has 0 saturated carbocycles. The van der Waals surface area contributed by atoms with E-state index in [4.69, 9.17) is 8.92 Å². The van der Waals surface area contributed by atoms with Crippen molar-refractivity contribution < 1.29 is 17.3 Å². The molecule has 1 aromatic heterocycles. The first kappa shape index (κ1) is 19.0. The van der Waals surface area contributed by atoms with E-state index in [9.17, 15) is 8.42 Å². The summed E-state index contributed by atoms with van der Waals surface area (Å²) in [5.41, 5.74) is 0. The van der Waals surface area contributed by atoms with Crippen molar-refractivity contribution >= 4 is 27.8 Å². The summed E-state index contributed by atoms with van der Waals surface area (Å²) in [5, 5.41) is 9.21. The van der Waals surface area contributed by atoms with Crippen molar-refractivity contribution in [1.82, 2.24) is 14.8 Å². The maximum absolute atomic E-state index is 12.1. The van der Waals surface area contributed by atoms with Crippen LogP contribution in [0.4, 0.5) is 5.95 Å². The molecule has 142 valence electrons. The van der Waals surface area contributed by atoms with E-state index in [-0.39, 0.29) is 5.75 Å². The lowest BCUT2D eigenvalue weighted by Crippen LogP contribution is -2.38. The zero-order chi connectivity index (χ0) is 18.4. The number of para-hydroxylation sites is 1. The van der Waals surface area contributed by atoms with Crippen LogP contribution in [0.15, 0.2) is 35.5 Å². The Hall–Kier alpha value is -1.78. The molecule has 1 aliphatic heterocycles. The Labute approximate surface area is 157 Å². The Kier molecular flexibility index (Phi) is 6.38. The van der Waals surface area contributed by atoms with E-state index in [1.165, 1.54) is 11.8 Å². The summed E-state index contributed by atoms with van der Waals surface area (Å²) in [6.07, 6.45) is 0. The third-order valence-electron chi connectivity index (χ3n) is 3.84. The van der Waals surface area contributed by atoms with E-state index >= 15 is 0 Å². The number of hydrogen-bond donors (Lipinski definition) is 0. The summed E-state index contributed by atoms with van der Waals surface area (Å²) < 4.78 is 36.7. The first-order chi connectivity index (χ1) is 12.6. The molecule has 8 nitrogen and oxygen atoms in total. The second-order valence-electron chi connectivity index (χ2n) is 5.63. The maximum Gasteiger partial charge on any atom is 0.310 e. The van der Waals surface area contributed by atoms with Crippen LogP contribution in [-0.4, -0.2) is 61.0 Å². The lowest BCUT2D eigenvalue weighted by molar-refractivity contribution is 0.121. The van der Waals surface area contributed by atoms with Gasteiger partial charge in [0.25, 0.3) is 0 Å². The fraction of sp³-hybridized carbons (Fsp3) is 0.500. The van der Waals surface area contributed by atoms with Gasteiger partial charge in [-0.25, -0.2) is 0 Å². The SMILES string of the molecule is CCn1c(SCCS(=O)(=O)Oc2ccccc2)nnc1N1CCOCC1. The smallest absolute Gasteiger partial charge is 0.310 e. The molecule has 26 heavy (non-hydrogen) atoms. The van der Waals surface area contributed by atoms with Gasteiger partial charge in [-0.2, -0.15) is 8.42 Å². The third kappa shape index (κ3) is 4.89. The number of morpholine rings is 1. The lowest BCUT2D eigenvalue weighted by atomic mass is 10.3. The van der Waals surface area contributed by atoms with Gasteiger partial charge in [0.2, 0.25) is 5.95 Å². The summed E-state index contributed by atoms with van der Waals surface area (Å²) in [4.78, 5) is 2.14. The molecule has 1 saturated heterocycles. The van der Waals surface area contributed by atoms with Crippen LogP contribution in [0.25, 0.3) is 0 Å². The fourth-order valence-electron chi connectivity index (χ4n) is 2.56. The number of hydrogen-bond acceptors (Lipinski definition) is 8. The monoisotopic (exact) mass is 398 g/mol. The van der Waals surface area contributed by atoms with Gasteiger partial charge in [-0.3, -0.25) is 4.57 Å². The quantitative estimate of drug-likeness (QED) is 0.490. The second-order valence-corrected chi connectivity index (χ2v) is 8.39. The lowest BCUT2D eigenvalue weighted by Gasteiger charge is -2.27. The third-order valence-corrected chi connectivity index (χ3v) is 6.22. The van der Waals surface area contributed by atoms with Crippen molar-refractivity contribution in [2.24, 2.45) is 0 Å². The van der Waals surface area contributed by atoms with Gasteiger partial charge < -0.3 is 13.8 Å². The molecule has 2 aromatic rings. The van der Waals surface area contributed by atoms with Crippen LogP contribution < -0.4 is 9.08 Å². The summed E-state index contributed by atoms with van der Waals surface area (Å²) in [5.74, 6) is 1.37. The Morgan fingerprint density at radius 3 is 2.62 bits per heavy atom. The van der Waals surface area contributed by atoms with Crippen LogP contribution in [0.3, 0.4) is 0 Å². The molecule has 0 N–H and O–H groups in total. The molecule has 0 unspecified atom stereocenters. The van der Waals surface area contributed by atoms with Crippen molar-refractivity contribution in [3.63, 3.8) is 0 Å². The van der Waals surface area contributed by atoms with Crippen molar-refractivity contribution in [2.75, 3.05) is 42.7 Å². The van der Waals surface area contributed by atoms with E-state index in [1.54, 1.807) is 30.3 Å². The van der Waals surface area contributed by atoms with Crippen molar-refractivity contribution in [3.8, 4) is 5.75 Å². The number of ether oxygens (including phenoxy) is 1. The van der Waals surface area contributed by atoms with Crippen molar-refractivity contribution in [1.29, 1.82) is 0 Å². The molecule has 3 rings (SSSR count). The first-order valence-electron chi connectivity index (χ1n) is 8.45. The molecule has 0 amide bonds. The van der Waals surface area contributed by atoms with E-state index in [2.05, 4.69) is 15.1 Å². The normalized spacial score (nSPS) is 15.2. The van der Waals surface area contributed by atoms with Gasteiger partial charge in [0.05, 0.1) is 19.0 Å². The van der Waals surface area contributed by atoms with E-state index in [0.717, 1.165) is 25.6 Å². The number of thioether (sulfide) groups is 1. The van der Waals surface area contributed by atoms with Gasteiger partial charge in [-0.05, 0) is 19.1 Å². The number of benzene rings is 1. The van der Waals surface area contributed by atoms with Crippen LogP contribution >= 0.6 is 11.8 Å². The van der Waals surface area contributed by atoms with Crippen LogP contribution in [0, 0.1) is 0 Å². The summed E-state index contributed by atoms with van der Waals surface area (Å²) in [7, 11) is -3.64. The summed E-state index contributed by atoms with van der Waals surface area (Å²) in [6, 6.07) is 8.51. The average molecular weight is 399 g/mol. The first-order valence-corrected chi connectivity index (χ1v) is 11.0. The molecular formula is C16H22N4O4S2. The van der Waals surface area contributed by atoms with Gasteiger partial charge in [0.1, 0.15) is 5.75 Å². The molecule has 10 heteroatoms. The van der Waals surface area contributed by atoms with Crippen LogP contribution in [0.2, 0.25) is 0 Å². The van der Waals surface area contributed by atoms with Crippen molar-refractivity contribution in [3.05, 3.63) is 30.3 Å². The zero-order valence-corrected chi connectivity index (χ0v) is 16.2. The number of nitrogens with zero attached hydrogens (tertiary/aromatic N) is 4. The van der Waals surface area contributed by atoms with Crippen LogP contribution in [0.1, 0.15) is 6.92 Å². The topological polar surface area (TPSA) is 86.5 Å². The minimum atomic E-state index is -3.64. The molecule has 1 aliphatic rings. The van der Waals surface area contributed by atoms with Gasteiger partial charge in [0, 0.05) is 25.4 Å². The predicted molar refractivity (Wildman–Crippen MR) is 100 cm³/mol. The minimum absolute atomic E-state index is 0.101. The molecule has 0 spiro atoms. The van der Waals surface area contributed by atoms with Crippen molar-refractivity contribution in [2.45, 2.75) is 18.6 Å². The Morgan fingerprint density at radius 2 is 1.92 bits per heavy atom. The fourth-order valence-corrected chi connectivity index (χ4v) is 4.85. The van der Waals surface area contributed by atoms with Gasteiger partial charge in [0.15, 0.2) is 5.16 Å². The highest BCUT2D eigenvalue weighted by Crippen LogP contribution is 2.23. The molecule has 0 bridgehead atoms. The van der Waals surface area contributed by atoms with E-state index < -0.39 is 10.1 Å². The summed E-state index contributed by atoms with van der Waals surface area (Å²) >= 11 is 1.37. The zero-order valence-electron chi connectivity index (χ0n) is 14.6. The molecule has 1 aromatic carbocycles. The molecule has 1 fully saturated rings. The average Bonchev–Trinajstić information content (AvgIpc) is 3.05. The molecule has 2 heterocycles. The largest absolute Gasteiger partial charge is 0.382 e. The van der Waals surface area contributed by atoms with Gasteiger partial charge in [-0.15, -0.1) is 10.2 Å². The standard InChI is InChI=1S/C16H22N4O4S2/c1-2-20-15(19-8-10-23-11-9-19)17-18-16(20)25-12-13-26(21,22)24-14-6-4-3-5-7-14/h3-7H,2,8-13H2,1H3. The van der Waals surface area contributed by atoms with E-state index in [0.29, 0.717) is 29.9 Å².